The second kappa shape index (κ2) is 9.99. The molecule has 0 saturated heterocycles. The van der Waals surface area contributed by atoms with Gasteiger partial charge in [0.05, 0.1) is 21.7 Å². The average molecular weight is 472 g/mol. The molecular weight excluding hydrogens is 454 g/mol. The maximum absolute atomic E-state index is 12.3. The summed E-state index contributed by atoms with van der Waals surface area (Å²) in [5.41, 5.74) is 12.0. The molecule has 0 aromatic heterocycles. The van der Waals surface area contributed by atoms with E-state index in [0.29, 0.717) is 11.3 Å². The molecular formula is C22H18ClN3O5S. The molecule has 0 radical (unpaired) electrons. The lowest BCUT2D eigenvalue weighted by molar-refractivity contribution is 0.0734. The van der Waals surface area contributed by atoms with Crippen LogP contribution in [-0.2, 0) is 10.1 Å². The normalized spacial score (nSPS) is 11.2. The molecule has 0 amide bonds. The molecule has 8 nitrogen and oxygen atoms in total. The van der Waals surface area contributed by atoms with Gasteiger partial charge in [-0.15, -0.1) is 0 Å². The van der Waals surface area contributed by atoms with E-state index in [1.165, 1.54) is 36.4 Å². The van der Waals surface area contributed by atoms with Crippen LogP contribution in [0.5, 0.6) is 11.5 Å². The van der Waals surface area contributed by atoms with Gasteiger partial charge in [-0.3, -0.25) is 0 Å². The van der Waals surface area contributed by atoms with Crippen LogP contribution in [0.15, 0.2) is 83.2 Å². The Hall–Kier alpha value is -3.82. The van der Waals surface area contributed by atoms with Crippen molar-refractivity contribution < 1.29 is 22.1 Å². The summed E-state index contributed by atoms with van der Waals surface area (Å²) in [7, 11) is -4.05. The van der Waals surface area contributed by atoms with Gasteiger partial charge in [0.15, 0.2) is 11.7 Å². The van der Waals surface area contributed by atoms with Crippen molar-refractivity contribution >= 4 is 45.4 Å². The minimum Gasteiger partial charge on any atom is -0.423 e. The minimum absolute atomic E-state index is 0.0462. The number of rotatable bonds is 7. The SMILES string of the molecule is NC(N)=Nc1ccc(C(=O)Oc2ccc(OS(=O)(=O)C=Cc3ccccc3)c(Cl)c2)cc1. The van der Waals surface area contributed by atoms with E-state index in [0.717, 1.165) is 5.41 Å². The van der Waals surface area contributed by atoms with Crippen LogP contribution in [0.25, 0.3) is 6.08 Å². The molecule has 3 aromatic rings. The quantitative estimate of drug-likeness (QED) is 0.176. The number of guanidine groups is 1. The number of hydrogen-bond donors (Lipinski definition) is 2. The summed E-state index contributed by atoms with van der Waals surface area (Å²) in [5, 5.41) is 0.883. The van der Waals surface area contributed by atoms with Crippen molar-refractivity contribution in [1.29, 1.82) is 0 Å². The predicted molar refractivity (Wildman–Crippen MR) is 123 cm³/mol. The lowest BCUT2D eigenvalue weighted by atomic mass is 10.2. The van der Waals surface area contributed by atoms with Gasteiger partial charge in [0, 0.05) is 6.07 Å². The van der Waals surface area contributed by atoms with Gasteiger partial charge >= 0.3 is 16.1 Å². The maximum atomic E-state index is 12.3. The van der Waals surface area contributed by atoms with Gasteiger partial charge in [0.1, 0.15) is 5.75 Å². The van der Waals surface area contributed by atoms with Crippen LogP contribution in [-0.4, -0.2) is 20.3 Å². The van der Waals surface area contributed by atoms with E-state index in [9.17, 15) is 13.2 Å². The summed E-state index contributed by atoms with van der Waals surface area (Å²) in [6, 6.07) is 18.9. The molecule has 0 bridgehead atoms. The van der Waals surface area contributed by atoms with Crippen LogP contribution in [0.3, 0.4) is 0 Å². The van der Waals surface area contributed by atoms with Crippen molar-refractivity contribution in [3.8, 4) is 11.5 Å². The molecule has 3 rings (SSSR count). The van der Waals surface area contributed by atoms with Crippen LogP contribution in [0.2, 0.25) is 5.02 Å². The first-order valence-electron chi connectivity index (χ1n) is 9.11. The van der Waals surface area contributed by atoms with Crippen molar-refractivity contribution in [3.63, 3.8) is 0 Å². The average Bonchev–Trinajstić information content (AvgIpc) is 2.75. The van der Waals surface area contributed by atoms with E-state index in [-0.39, 0.29) is 28.0 Å². The first-order chi connectivity index (χ1) is 15.2. The van der Waals surface area contributed by atoms with Gasteiger partial charge in [0.25, 0.3) is 0 Å². The van der Waals surface area contributed by atoms with Crippen molar-refractivity contribution in [1.82, 2.24) is 0 Å². The molecule has 0 atom stereocenters. The second-order valence-electron chi connectivity index (χ2n) is 6.35. The summed E-state index contributed by atoms with van der Waals surface area (Å²) >= 11 is 6.11. The van der Waals surface area contributed by atoms with Crippen LogP contribution < -0.4 is 20.4 Å². The number of esters is 1. The molecule has 0 aliphatic carbocycles. The highest BCUT2D eigenvalue weighted by atomic mass is 35.5. The number of ether oxygens (including phenoxy) is 1. The number of hydrogen-bond acceptors (Lipinski definition) is 6. The number of nitrogens with two attached hydrogens (primary N) is 2. The predicted octanol–water partition coefficient (Wildman–Crippen LogP) is 3.84. The molecule has 0 fully saturated rings. The highest BCUT2D eigenvalue weighted by Gasteiger charge is 2.14. The molecule has 0 spiro atoms. The summed E-state index contributed by atoms with van der Waals surface area (Å²) in [5.74, 6) is -0.747. The largest absolute Gasteiger partial charge is 0.423 e. The topological polar surface area (TPSA) is 134 Å². The molecule has 0 saturated carbocycles. The Labute approximate surface area is 189 Å². The van der Waals surface area contributed by atoms with Crippen molar-refractivity contribution in [2.75, 3.05) is 0 Å². The third-order valence-electron chi connectivity index (χ3n) is 3.91. The molecule has 0 aliphatic heterocycles. The van der Waals surface area contributed by atoms with Crippen LogP contribution >= 0.6 is 11.6 Å². The molecule has 32 heavy (non-hydrogen) atoms. The zero-order valence-electron chi connectivity index (χ0n) is 16.5. The van der Waals surface area contributed by atoms with Gasteiger partial charge < -0.3 is 20.4 Å². The third kappa shape index (κ3) is 6.59. The number of carbonyl (C=O) groups is 1. The summed E-state index contributed by atoms with van der Waals surface area (Å²) < 4.78 is 34.7. The standard InChI is InChI=1S/C22H18ClN3O5S/c23-19-14-18(30-21(27)16-6-8-17(9-7-16)26-22(24)25)10-11-20(19)31-32(28,29)13-12-15-4-2-1-3-5-15/h1-14H,(H4,24,25,26). The first-order valence-corrected chi connectivity index (χ1v) is 11.0. The van der Waals surface area contributed by atoms with E-state index >= 15 is 0 Å². The Morgan fingerprint density at radius 1 is 0.969 bits per heavy atom. The Kier molecular flexibility index (Phi) is 7.14. The van der Waals surface area contributed by atoms with E-state index < -0.39 is 16.1 Å². The van der Waals surface area contributed by atoms with Crippen LogP contribution in [0.1, 0.15) is 15.9 Å². The molecule has 0 unspecified atom stereocenters. The van der Waals surface area contributed by atoms with Crippen molar-refractivity contribution in [3.05, 3.63) is 94.4 Å². The lowest BCUT2D eigenvalue weighted by Gasteiger charge is -2.09. The summed E-state index contributed by atoms with van der Waals surface area (Å²) in [6.45, 7) is 0. The van der Waals surface area contributed by atoms with Gasteiger partial charge in [-0.25, -0.2) is 9.79 Å². The number of aliphatic imine (C=N–C) groups is 1. The molecule has 0 aliphatic rings. The van der Waals surface area contributed by atoms with Gasteiger partial charge in [-0.2, -0.15) is 8.42 Å². The highest BCUT2D eigenvalue weighted by molar-refractivity contribution is 7.90. The van der Waals surface area contributed by atoms with Crippen molar-refractivity contribution in [2.45, 2.75) is 0 Å². The van der Waals surface area contributed by atoms with Gasteiger partial charge in [-0.05, 0) is 48.0 Å². The van der Waals surface area contributed by atoms with Crippen LogP contribution in [0, 0.1) is 0 Å². The van der Waals surface area contributed by atoms with E-state index in [2.05, 4.69) is 4.99 Å². The summed E-state index contributed by atoms with van der Waals surface area (Å²) in [6.07, 6.45) is 1.40. The molecule has 3 aromatic carbocycles. The van der Waals surface area contributed by atoms with Gasteiger partial charge in [-0.1, -0.05) is 41.9 Å². The zero-order chi connectivity index (χ0) is 23.1. The fraction of sp³-hybridized carbons (Fsp3) is 0. The number of nitrogens with zero attached hydrogens (tertiary/aromatic N) is 1. The second-order valence-corrected chi connectivity index (χ2v) is 8.19. The molecule has 10 heteroatoms. The third-order valence-corrected chi connectivity index (χ3v) is 5.08. The Morgan fingerprint density at radius 2 is 1.66 bits per heavy atom. The molecule has 4 N–H and O–H groups in total. The molecule has 0 heterocycles. The van der Waals surface area contributed by atoms with E-state index in [1.807, 2.05) is 6.07 Å². The number of benzene rings is 3. The highest BCUT2D eigenvalue weighted by Crippen LogP contribution is 2.30. The lowest BCUT2D eigenvalue weighted by Crippen LogP contribution is -2.21. The monoisotopic (exact) mass is 471 g/mol. The number of carbonyl (C=O) groups excluding carboxylic acids is 1. The minimum atomic E-state index is -4.05. The Morgan fingerprint density at radius 3 is 2.28 bits per heavy atom. The fourth-order valence-corrected chi connectivity index (χ4v) is 3.51. The van der Waals surface area contributed by atoms with Crippen LogP contribution in [0.4, 0.5) is 5.69 Å². The van der Waals surface area contributed by atoms with E-state index in [1.54, 1.807) is 36.4 Å². The summed E-state index contributed by atoms with van der Waals surface area (Å²) in [4.78, 5) is 16.2. The smallest absolute Gasteiger partial charge is 0.343 e. The Balaban J connectivity index is 1.67. The zero-order valence-corrected chi connectivity index (χ0v) is 18.1. The van der Waals surface area contributed by atoms with Gasteiger partial charge in [0.2, 0.25) is 0 Å². The van der Waals surface area contributed by atoms with E-state index in [4.69, 9.17) is 32.0 Å². The number of halogens is 1. The Bertz CT molecular complexity index is 1270. The fourth-order valence-electron chi connectivity index (χ4n) is 2.48. The van der Waals surface area contributed by atoms with Crippen molar-refractivity contribution in [2.24, 2.45) is 16.5 Å². The molecule has 164 valence electrons. The first kappa shape index (κ1) is 22.9. The maximum Gasteiger partial charge on any atom is 0.343 e.